The largest absolute Gasteiger partial charge is 0.494 e. The van der Waals surface area contributed by atoms with Crippen LogP contribution in [0, 0.1) is 0 Å². The molecule has 0 fully saturated rings. The summed E-state index contributed by atoms with van der Waals surface area (Å²) in [5.41, 5.74) is 3.94. The van der Waals surface area contributed by atoms with E-state index in [2.05, 4.69) is 55.5 Å². The zero-order valence-electron chi connectivity index (χ0n) is 17.0. The van der Waals surface area contributed by atoms with E-state index in [1.54, 1.807) is 0 Å². The Morgan fingerprint density at radius 2 is 1.26 bits per heavy atom. The predicted octanol–water partition coefficient (Wildman–Crippen LogP) is 6.80. The molecular formula is C25H36O2. The van der Waals surface area contributed by atoms with E-state index in [1.807, 2.05) is 0 Å². The minimum atomic E-state index is 0.322. The SMILES string of the molecule is CCCCCc1ccc(-c2ccc(OCCCCCCCCO)cc2)cc1. The number of unbranched alkanes of at least 4 members (excludes halogenated alkanes) is 7. The highest BCUT2D eigenvalue weighted by Gasteiger charge is 2.00. The van der Waals surface area contributed by atoms with E-state index < -0.39 is 0 Å². The smallest absolute Gasteiger partial charge is 0.119 e. The Kier molecular flexibility index (Phi) is 10.7. The number of aliphatic hydroxyl groups excluding tert-OH is 1. The first-order valence-electron chi connectivity index (χ1n) is 10.8. The van der Waals surface area contributed by atoms with Gasteiger partial charge in [0.2, 0.25) is 0 Å². The van der Waals surface area contributed by atoms with Crippen LogP contribution in [0.2, 0.25) is 0 Å². The van der Waals surface area contributed by atoms with Crippen molar-refractivity contribution < 1.29 is 9.84 Å². The van der Waals surface area contributed by atoms with Crippen molar-refractivity contribution >= 4 is 0 Å². The zero-order chi connectivity index (χ0) is 19.2. The van der Waals surface area contributed by atoms with Gasteiger partial charge in [-0.1, -0.05) is 81.8 Å². The number of hydrogen-bond donors (Lipinski definition) is 1. The van der Waals surface area contributed by atoms with Gasteiger partial charge in [-0.2, -0.15) is 0 Å². The monoisotopic (exact) mass is 368 g/mol. The molecule has 2 aromatic carbocycles. The van der Waals surface area contributed by atoms with Crippen LogP contribution in [-0.4, -0.2) is 18.3 Å². The van der Waals surface area contributed by atoms with E-state index in [1.165, 1.54) is 61.6 Å². The fourth-order valence-corrected chi connectivity index (χ4v) is 3.30. The van der Waals surface area contributed by atoms with Crippen molar-refractivity contribution in [3.63, 3.8) is 0 Å². The van der Waals surface area contributed by atoms with E-state index in [4.69, 9.17) is 9.84 Å². The molecule has 0 unspecified atom stereocenters. The van der Waals surface area contributed by atoms with Crippen molar-refractivity contribution in [2.24, 2.45) is 0 Å². The lowest BCUT2D eigenvalue weighted by Crippen LogP contribution is -1.97. The molecule has 0 aliphatic rings. The van der Waals surface area contributed by atoms with Crippen LogP contribution in [0.25, 0.3) is 11.1 Å². The Labute approximate surface area is 165 Å². The van der Waals surface area contributed by atoms with Gasteiger partial charge in [-0.15, -0.1) is 0 Å². The van der Waals surface area contributed by atoms with E-state index >= 15 is 0 Å². The summed E-state index contributed by atoms with van der Waals surface area (Å²) in [6.07, 6.45) is 11.9. The lowest BCUT2D eigenvalue weighted by molar-refractivity contribution is 0.280. The van der Waals surface area contributed by atoms with Crippen molar-refractivity contribution in [2.75, 3.05) is 13.2 Å². The highest BCUT2D eigenvalue weighted by atomic mass is 16.5. The van der Waals surface area contributed by atoms with Crippen molar-refractivity contribution in [3.8, 4) is 16.9 Å². The number of hydrogen-bond acceptors (Lipinski definition) is 2. The van der Waals surface area contributed by atoms with Gasteiger partial charge in [0.15, 0.2) is 0 Å². The molecule has 27 heavy (non-hydrogen) atoms. The fraction of sp³-hybridized carbons (Fsp3) is 0.520. The Balaban J connectivity index is 1.70. The molecule has 0 saturated heterocycles. The number of benzene rings is 2. The van der Waals surface area contributed by atoms with Gasteiger partial charge in [-0.25, -0.2) is 0 Å². The van der Waals surface area contributed by atoms with Crippen molar-refractivity contribution in [1.82, 2.24) is 0 Å². The third kappa shape index (κ3) is 8.62. The van der Waals surface area contributed by atoms with Crippen LogP contribution in [0.3, 0.4) is 0 Å². The standard InChI is InChI=1S/C25H36O2/c1-2-3-8-11-22-12-14-23(15-13-22)24-16-18-25(19-17-24)27-21-10-7-5-4-6-9-20-26/h12-19,26H,2-11,20-21H2,1H3. The van der Waals surface area contributed by atoms with Gasteiger partial charge in [0.1, 0.15) is 5.75 Å². The predicted molar refractivity (Wildman–Crippen MR) is 115 cm³/mol. The van der Waals surface area contributed by atoms with Gasteiger partial charge < -0.3 is 9.84 Å². The summed E-state index contributed by atoms with van der Waals surface area (Å²) in [6.45, 7) is 3.35. The summed E-state index contributed by atoms with van der Waals surface area (Å²) < 4.78 is 5.86. The minimum Gasteiger partial charge on any atom is -0.494 e. The fourth-order valence-electron chi connectivity index (χ4n) is 3.30. The first-order valence-corrected chi connectivity index (χ1v) is 10.8. The number of aryl methyl sites for hydroxylation is 1. The van der Waals surface area contributed by atoms with Crippen LogP contribution >= 0.6 is 0 Å². The Morgan fingerprint density at radius 3 is 1.89 bits per heavy atom. The van der Waals surface area contributed by atoms with Crippen LogP contribution in [0.1, 0.15) is 70.3 Å². The van der Waals surface area contributed by atoms with E-state index in [9.17, 15) is 0 Å². The van der Waals surface area contributed by atoms with Gasteiger partial charge in [0.05, 0.1) is 6.61 Å². The lowest BCUT2D eigenvalue weighted by Gasteiger charge is -2.08. The molecule has 0 aliphatic carbocycles. The maximum Gasteiger partial charge on any atom is 0.119 e. The maximum atomic E-state index is 8.76. The molecule has 0 radical (unpaired) electrons. The Morgan fingerprint density at radius 1 is 0.667 bits per heavy atom. The summed E-state index contributed by atoms with van der Waals surface area (Å²) in [4.78, 5) is 0. The third-order valence-electron chi connectivity index (χ3n) is 5.03. The molecule has 0 saturated carbocycles. The molecule has 0 spiro atoms. The highest BCUT2D eigenvalue weighted by molar-refractivity contribution is 5.64. The summed E-state index contributed by atoms with van der Waals surface area (Å²) in [5.74, 6) is 0.954. The molecule has 0 amide bonds. The number of ether oxygens (including phenoxy) is 1. The topological polar surface area (TPSA) is 29.5 Å². The first-order chi connectivity index (χ1) is 13.3. The highest BCUT2D eigenvalue weighted by Crippen LogP contribution is 2.23. The first kappa shape index (κ1) is 21.5. The zero-order valence-corrected chi connectivity index (χ0v) is 17.0. The number of rotatable bonds is 14. The van der Waals surface area contributed by atoms with E-state index in [0.29, 0.717) is 6.61 Å². The Bertz CT molecular complexity index is 601. The van der Waals surface area contributed by atoms with Crippen LogP contribution in [0.5, 0.6) is 5.75 Å². The second-order valence-electron chi connectivity index (χ2n) is 7.37. The van der Waals surface area contributed by atoms with Crippen molar-refractivity contribution in [2.45, 2.75) is 71.1 Å². The second kappa shape index (κ2) is 13.4. The summed E-state index contributed by atoms with van der Waals surface area (Å²) in [6, 6.07) is 17.4. The van der Waals surface area contributed by atoms with Crippen molar-refractivity contribution in [1.29, 1.82) is 0 Å². The maximum absolute atomic E-state index is 8.76. The van der Waals surface area contributed by atoms with Gasteiger partial charge >= 0.3 is 0 Å². The number of aliphatic hydroxyl groups is 1. The van der Waals surface area contributed by atoms with Crippen LogP contribution < -0.4 is 4.74 Å². The molecule has 2 aromatic rings. The van der Waals surface area contributed by atoms with Gasteiger partial charge in [0.25, 0.3) is 0 Å². The summed E-state index contributed by atoms with van der Waals surface area (Å²) >= 11 is 0. The molecule has 2 nitrogen and oxygen atoms in total. The third-order valence-corrected chi connectivity index (χ3v) is 5.03. The summed E-state index contributed by atoms with van der Waals surface area (Å²) in [5, 5.41) is 8.76. The summed E-state index contributed by atoms with van der Waals surface area (Å²) in [7, 11) is 0. The normalized spacial score (nSPS) is 10.9. The average molecular weight is 369 g/mol. The molecular weight excluding hydrogens is 332 g/mol. The molecule has 0 atom stereocenters. The minimum absolute atomic E-state index is 0.322. The quantitative estimate of drug-likeness (QED) is 0.372. The molecule has 0 bridgehead atoms. The van der Waals surface area contributed by atoms with Gasteiger partial charge in [0, 0.05) is 6.61 Å². The molecule has 0 heterocycles. The average Bonchev–Trinajstić information content (AvgIpc) is 2.71. The van der Waals surface area contributed by atoms with Gasteiger partial charge in [-0.3, -0.25) is 0 Å². The molecule has 0 aliphatic heterocycles. The van der Waals surface area contributed by atoms with Gasteiger partial charge in [-0.05, 0) is 54.5 Å². The van der Waals surface area contributed by atoms with E-state index in [0.717, 1.165) is 31.6 Å². The van der Waals surface area contributed by atoms with Crippen LogP contribution in [0.4, 0.5) is 0 Å². The molecule has 1 N–H and O–H groups in total. The molecule has 2 rings (SSSR count). The molecule has 148 valence electrons. The van der Waals surface area contributed by atoms with E-state index in [-0.39, 0.29) is 0 Å². The lowest BCUT2D eigenvalue weighted by atomic mass is 10.0. The Hall–Kier alpha value is -1.80. The van der Waals surface area contributed by atoms with Crippen LogP contribution in [-0.2, 0) is 6.42 Å². The van der Waals surface area contributed by atoms with Crippen LogP contribution in [0.15, 0.2) is 48.5 Å². The molecule has 0 aromatic heterocycles. The van der Waals surface area contributed by atoms with Crippen molar-refractivity contribution in [3.05, 3.63) is 54.1 Å². The second-order valence-corrected chi connectivity index (χ2v) is 7.37. The molecule has 2 heteroatoms.